The molecule has 1 rings (SSSR count). The molecule has 0 spiro atoms. The highest BCUT2D eigenvalue weighted by Crippen LogP contribution is 2.27. The zero-order chi connectivity index (χ0) is 12.3. The Balaban J connectivity index is 2.87. The Bertz CT molecular complexity index is 393. The lowest BCUT2D eigenvalue weighted by Gasteiger charge is -2.18. The highest BCUT2D eigenvalue weighted by molar-refractivity contribution is 5.67. The number of hydrogen-bond donors (Lipinski definition) is 5. The Hall–Kier alpha value is -1.79. The number of nitrogens with two attached hydrogens (primary N) is 1. The molecule has 0 radical (unpaired) electrons. The van der Waals surface area contributed by atoms with Gasteiger partial charge in [-0.1, -0.05) is 6.07 Å². The number of nitrogen functional groups attached to an aromatic ring is 1. The molecule has 6 heteroatoms. The molecule has 0 bridgehead atoms. The number of phenols is 1. The minimum Gasteiger partial charge on any atom is -0.508 e. The number of aliphatic hydroxyl groups is 2. The van der Waals surface area contributed by atoms with E-state index in [0.29, 0.717) is 0 Å². The van der Waals surface area contributed by atoms with Gasteiger partial charge in [0.15, 0.2) is 0 Å². The Morgan fingerprint density at radius 1 is 1.38 bits per heavy atom. The number of carbonyl (C=O) groups is 1. The molecule has 0 aromatic heterocycles. The van der Waals surface area contributed by atoms with Crippen molar-refractivity contribution in [1.29, 1.82) is 0 Å². The molecule has 2 atom stereocenters. The van der Waals surface area contributed by atoms with Crippen LogP contribution in [-0.2, 0) is 4.79 Å². The maximum atomic E-state index is 10.3. The van der Waals surface area contributed by atoms with Crippen LogP contribution in [0, 0.1) is 0 Å². The summed E-state index contributed by atoms with van der Waals surface area (Å²) in [6.45, 7) is 0. The number of phenolic OH excluding ortho intramolecular Hbond substituents is 1. The number of rotatable bonds is 4. The molecule has 6 N–H and O–H groups in total. The Morgan fingerprint density at radius 2 is 2.00 bits per heavy atom. The number of benzene rings is 1. The van der Waals surface area contributed by atoms with E-state index in [4.69, 9.17) is 15.9 Å². The molecule has 0 aliphatic carbocycles. The number of carboxylic acid groups (broad SMARTS) is 1. The molecule has 2 unspecified atom stereocenters. The number of aromatic hydroxyl groups is 1. The zero-order valence-corrected chi connectivity index (χ0v) is 8.37. The molecule has 0 fully saturated rings. The Labute approximate surface area is 91.6 Å². The van der Waals surface area contributed by atoms with Crippen LogP contribution in [0.4, 0.5) is 5.69 Å². The molecule has 1 aromatic carbocycles. The minimum atomic E-state index is -1.44. The van der Waals surface area contributed by atoms with Crippen molar-refractivity contribution in [2.24, 2.45) is 0 Å². The van der Waals surface area contributed by atoms with Crippen molar-refractivity contribution in [1.82, 2.24) is 0 Å². The first-order chi connectivity index (χ1) is 7.41. The molecule has 0 saturated carbocycles. The van der Waals surface area contributed by atoms with E-state index in [9.17, 15) is 15.0 Å². The summed E-state index contributed by atoms with van der Waals surface area (Å²) in [6, 6.07) is 3.84. The average Bonchev–Trinajstić information content (AvgIpc) is 2.15. The fourth-order valence-corrected chi connectivity index (χ4v) is 1.33. The zero-order valence-electron chi connectivity index (χ0n) is 8.37. The lowest BCUT2D eigenvalue weighted by molar-refractivity contribution is -0.141. The summed E-state index contributed by atoms with van der Waals surface area (Å²) in [5.74, 6) is -1.29. The summed E-state index contributed by atoms with van der Waals surface area (Å²) in [5.41, 5.74) is 5.79. The van der Waals surface area contributed by atoms with Crippen molar-refractivity contribution in [3.05, 3.63) is 23.8 Å². The normalized spacial score (nSPS) is 14.4. The second-order valence-electron chi connectivity index (χ2n) is 3.42. The molecular weight excluding hydrogens is 214 g/mol. The highest BCUT2D eigenvalue weighted by Gasteiger charge is 2.22. The predicted octanol–water partition coefficient (Wildman–Crippen LogP) is -0.157. The first-order valence-electron chi connectivity index (χ1n) is 4.58. The van der Waals surface area contributed by atoms with Gasteiger partial charge in [0.2, 0.25) is 0 Å². The van der Waals surface area contributed by atoms with E-state index in [1.54, 1.807) is 0 Å². The summed E-state index contributed by atoms with van der Waals surface area (Å²) < 4.78 is 0. The van der Waals surface area contributed by atoms with Crippen molar-refractivity contribution in [3.8, 4) is 5.75 Å². The van der Waals surface area contributed by atoms with Crippen LogP contribution < -0.4 is 5.73 Å². The lowest BCUT2D eigenvalue weighted by atomic mass is 10.0. The third kappa shape index (κ3) is 2.85. The van der Waals surface area contributed by atoms with E-state index < -0.39 is 24.6 Å². The van der Waals surface area contributed by atoms with Crippen LogP contribution in [0.3, 0.4) is 0 Å². The van der Waals surface area contributed by atoms with Crippen LogP contribution in [0.25, 0.3) is 0 Å². The number of hydrogen-bond acceptors (Lipinski definition) is 5. The second-order valence-corrected chi connectivity index (χ2v) is 3.42. The van der Waals surface area contributed by atoms with E-state index in [0.717, 1.165) is 0 Å². The van der Waals surface area contributed by atoms with Gasteiger partial charge in [0.25, 0.3) is 0 Å². The molecule has 88 valence electrons. The largest absolute Gasteiger partial charge is 0.508 e. The van der Waals surface area contributed by atoms with E-state index in [1.807, 2.05) is 0 Å². The van der Waals surface area contributed by atoms with Crippen molar-refractivity contribution >= 4 is 11.7 Å². The van der Waals surface area contributed by atoms with Crippen LogP contribution in [-0.4, -0.2) is 32.5 Å². The molecule has 0 saturated heterocycles. The molecule has 0 amide bonds. The van der Waals surface area contributed by atoms with Crippen LogP contribution in [0.5, 0.6) is 5.75 Å². The van der Waals surface area contributed by atoms with Gasteiger partial charge in [-0.25, -0.2) is 0 Å². The third-order valence-electron chi connectivity index (χ3n) is 2.14. The maximum Gasteiger partial charge on any atom is 0.306 e. The number of aliphatic carboxylic acids is 1. The summed E-state index contributed by atoms with van der Waals surface area (Å²) in [6.07, 6.45) is -3.41. The molecular formula is C10H13NO5. The first kappa shape index (κ1) is 12.3. The number of aliphatic hydroxyl groups excluding tert-OH is 2. The average molecular weight is 227 g/mol. The quantitative estimate of drug-likeness (QED) is 0.455. The molecule has 0 aliphatic rings. The second kappa shape index (κ2) is 4.82. The van der Waals surface area contributed by atoms with Gasteiger partial charge < -0.3 is 26.2 Å². The van der Waals surface area contributed by atoms with Crippen molar-refractivity contribution in [3.63, 3.8) is 0 Å². The molecule has 16 heavy (non-hydrogen) atoms. The minimum absolute atomic E-state index is 0.0684. The van der Waals surface area contributed by atoms with Crippen LogP contribution in [0.15, 0.2) is 18.2 Å². The van der Waals surface area contributed by atoms with Gasteiger partial charge >= 0.3 is 5.97 Å². The van der Waals surface area contributed by atoms with Crippen molar-refractivity contribution < 1.29 is 25.2 Å². The van der Waals surface area contributed by atoms with E-state index in [-0.39, 0.29) is 17.0 Å². The summed E-state index contributed by atoms with van der Waals surface area (Å²) in [7, 11) is 0. The van der Waals surface area contributed by atoms with Crippen LogP contribution >= 0.6 is 0 Å². The summed E-state index contributed by atoms with van der Waals surface area (Å²) in [4.78, 5) is 10.3. The number of anilines is 1. The standard InChI is InChI=1S/C10H13NO5/c11-7-3-5(12)1-2-6(7)10(16)8(13)4-9(14)15/h1-3,8,10,12-13,16H,4,11H2,(H,14,15). The van der Waals surface area contributed by atoms with Gasteiger partial charge in [-0.3, -0.25) is 4.79 Å². The van der Waals surface area contributed by atoms with E-state index >= 15 is 0 Å². The highest BCUT2D eigenvalue weighted by atomic mass is 16.4. The topological polar surface area (TPSA) is 124 Å². The van der Waals surface area contributed by atoms with Gasteiger partial charge in [0, 0.05) is 17.3 Å². The van der Waals surface area contributed by atoms with Gasteiger partial charge in [0.1, 0.15) is 11.9 Å². The van der Waals surface area contributed by atoms with Crippen LogP contribution in [0.2, 0.25) is 0 Å². The Kier molecular flexibility index (Phi) is 3.70. The number of carboxylic acids is 1. The Morgan fingerprint density at radius 3 is 2.50 bits per heavy atom. The summed E-state index contributed by atoms with van der Waals surface area (Å²) >= 11 is 0. The van der Waals surface area contributed by atoms with E-state index in [1.165, 1.54) is 18.2 Å². The van der Waals surface area contributed by atoms with Crippen LogP contribution in [0.1, 0.15) is 18.1 Å². The van der Waals surface area contributed by atoms with E-state index in [2.05, 4.69) is 0 Å². The maximum absolute atomic E-state index is 10.3. The third-order valence-corrected chi connectivity index (χ3v) is 2.14. The SMILES string of the molecule is Nc1cc(O)ccc1C(O)C(O)CC(=O)O. The van der Waals surface area contributed by atoms with Crippen molar-refractivity contribution in [2.75, 3.05) is 5.73 Å². The van der Waals surface area contributed by atoms with Gasteiger partial charge in [-0.2, -0.15) is 0 Å². The lowest BCUT2D eigenvalue weighted by Crippen LogP contribution is -2.22. The summed E-state index contributed by atoms with van der Waals surface area (Å²) in [5, 5.41) is 36.6. The molecule has 6 nitrogen and oxygen atoms in total. The fourth-order valence-electron chi connectivity index (χ4n) is 1.33. The van der Waals surface area contributed by atoms with Gasteiger partial charge in [0.05, 0.1) is 12.5 Å². The molecule has 1 aromatic rings. The monoisotopic (exact) mass is 227 g/mol. The van der Waals surface area contributed by atoms with Gasteiger partial charge in [-0.05, 0) is 6.07 Å². The van der Waals surface area contributed by atoms with Gasteiger partial charge in [-0.15, -0.1) is 0 Å². The smallest absolute Gasteiger partial charge is 0.306 e. The first-order valence-corrected chi connectivity index (χ1v) is 4.58. The fraction of sp³-hybridized carbons (Fsp3) is 0.300. The molecule has 0 heterocycles. The predicted molar refractivity (Wildman–Crippen MR) is 55.7 cm³/mol. The van der Waals surface area contributed by atoms with Crippen molar-refractivity contribution in [2.45, 2.75) is 18.6 Å². The molecule has 0 aliphatic heterocycles.